The molecule has 3 nitrogen and oxygen atoms in total. The number of nitrogens with one attached hydrogen (secondary N) is 1. The Bertz CT molecular complexity index is 356. The van der Waals surface area contributed by atoms with Gasteiger partial charge in [-0.3, -0.25) is 0 Å². The van der Waals surface area contributed by atoms with Crippen molar-refractivity contribution in [3.05, 3.63) is 27.4 Å². The highest BCUT2D eigenvalue weighted by atomic mass is 79.9. The fourth-order valence-corrected chi connectivity index (χ4v) is 2.30. The van der Waals surface area contributed by atoms with Gasteiger partial charge in [-0.1, -0.05) is 11.6 Å². The van der Waals surface area contributed by atoms with E-state index in [4.69, 9.17) is 21.1 Å². The fourth-order valence-electron chi connectivity index (χ4n) is 1.34. The third-order valence-corrected chi connectivity index (χ3v) is 3.13. The largest absolute Gasteiger partial charge is 0.383 e. The predicted octanol–water partition coefficient (Wildman–Crippen LogP) is 3.71. The quantitative estimate of drug-likeness (QED) is 0.732. The number of rotatable bonds is 8. The number of hydrogen-bond acceptors (Lipinski definition) is 3. The highest BCUT2D eigenvalue weighted by molar-refractivity contribution is 9.10. The van der Waals surface area contributed by atoms with Crippen LogP contribution >= 0.6 is 27.5 Å². The van der Waals surface area contributed by atoms with Crippen LogP contribution in [0.15, 0.2) is 16.6 Å². The minimum Gasteiger partial charge on any atom is -0.383 e. The summed E-state index contributed by atoms with van der Waals surface area (Å²) in [6.45, 7) is 2.55. The third kappa shape index (κ3) is 5.52. The Morgan fingerprint density at radius 1 is 1.33 bits per heavy atom. The van der Waals surface area contributed by atoms with Crippen molar-refractivity contribution in [3.8, 4) is 0 Å². The van der Waals surface area contributed by atoms with Crippen LogP contribution < -0.4 is 5.32 Å². The summed E-state index contributed by atoms with van der Waals surface area (Å²) < 4.78 is 23.8. The Hall–Kier alpha value is -0.360. The molecular formula is C12H16BrClFNO2. The molecule has 0 aromatic heterocycles. The second-order valence-electron chi connectivity index (χ2n) is 3.63. The van der Waals surface area contributed by atoms with Crippen molar-refractivity contribution in [2.24, 2.45) is 0 Å². The van der Waals surface area contributed by atoms with Crippen LogP contribution in [0.4, 0.5) is 10.1 Å². The molecule has 0 aliphatic rings. The first-order chi connectivity index (χ1) is 8.65. The van der Waals surface area contributed by atoms with Crippen LogP contribution in [0.25, 0.3) is 0 Å². The van der Waals surface area contributed by atoms with Gasteiger partial charge in [-0.2, -0.15) is 0 Å². The lowest BCUT2D eigenvalue weighted by Gasteiger charge is -2.11. The molecule has 0 fully saturated rings. The summed E-state index contributed by atoms with van der Waals surface area (Å²) in [5.74, 6) is -0.361. The van der Waals surface area contributed by atoms with Crippen LogP contribution in [0.1, 0.15) is 6.42 Å². The number of benzene rings is 1. The van der Waals surface area contributed by atoms with Crippen LogP contribution in [0.3, 0.4) is 0 Å². The van der Waals surface area contributed by atoms with Gasteiger partial charge in [0, 0.05) is 24.7 Å². The zero-order valence-corrected chi connectivity index (χ0v) is 12.5. The Morgan fingerprint density at radius 2 is 2.11 bits per heavy atom. The molecular weight excluding hydrogens is 324 g/mol. The molecule has 0 saturated carbocycles. The maximum absolute atomic E-state index is 13.0. The molecule has 1 aromatic carbocycles. The van der Waals surface area contributed by atoms with Gasteiger partial charge in [0.2, 0.25) is 0 Å². The van der Waals surface area contributed by atoms with Crippen LogP contribution in [0, 0.1) is 5.82 Å². The first kappa shape index (κ1) is 15.7. The van der Waals surface area contributed by atoms with E-state index in [2.05, 4.69) is 21.2 Å². The molecule has 1 rings (SSSR count). The van der Waals surface area contributed by atoms with Gasteiger partial charge in [-0.25, -0.2) is 4.39 Å². The minimum absolute atomic E-state index is 0.361. The normalized spacial score (nSPS) is 10.7. The Morgan fingerprint density at radius 3 is 2.78 bits per heavy atom. The maximum Gasteiger partial charge on any atom is 0.125 e. The van der Waals surface area contributed by atoms with Crippen molar-refractivity contribution in [2.75, 3.05) is 38.8 Å². The Kier molecular flexibility index (Phi) is 7.58. The molecule has 0 amide bonds. The van der Waals surface area contributed by atoms with Crippen molar-refractivity contribution in [1.29, 1.82) is 0 Å². The van der Waals surface area contributed by atoms with E-state index in [-0.39, 0.29) is 5.82 Å². The summed E-state index contributed by atoms with van der Waals surface area (Å²) in [4.78, 5) is 0. The SMILES string of the molecule is COCCOCCCNc1c(Cl)cc(F)cc1Br. The van der Waals surface area contributed by atoms with Crippen molar-refractivity contribution in [2.45, 2.75) is 6.42 Å². The monoisotopic (exact) mass is 339 g/mol. The molecule has 0 aliphatic carbocycles. The van der Waals surface area contributed by atoms with Gasteiger partial charge < -0.3 is 14.8 Å². The van der Waals surface area contributed by atoms with Crippen LogP contribution in [-0.2, 0) is 9.47 Å². The van der Waals surface area contributed by atoms with Gasteiger partial charge in [0.1, 0.15) is 5.82 Å². The molecule has 18 heavy (non-hydrogen) atoms. The maximum atomic E-state index is 13.0. The van der Waals surface area contributed by atoms with Gasteiger partial charge in [-0.15, -0.1) is 0 Å². The van der Waals surface area contributed by atoms with Gasteiger partial charge in [0.25, 0.3) is 0 Å². The Labute approximate surface area is 120 Å². The van der Waals surface area contributed by atoms with E-state index >= 15 is 0 Å². The molecule has 6 heteroatoms. The summed E-state index contributed by atoms with van der Waals surface area (Å²) in [5, 5.41) is 3.51. The average molecular weight is 341 g/mol. The molecule has 0 heterocycles. The summed E-state index contributed by atoms with van der Waals surface area (Å²) in [6, 6.07) is 2.66. The molecule has 0 radical (unpaired) electrons. The van der Waals surface area contributed by atoms with Crippen molar-refractivity contribution in [3.63, 3.8) is 0 Å². The lowest BCUT2D eigenvalue weighted by Crippen LogP contribution is -2.09. The summed E-state index contributed by atoms with van der Waals surface area (Å²) in [7, 11) is 1.64. The van der Waals surface area contributed by atoms with E-state index in [0.717, 1.165) is 6.42 Å². The minimum atomic E-state index is -0.361. The number of halogens is 3. The van der Waals surface area contributed by atoms with E-state index in [9.17, 15) is 4.39 Å². The lowest BCUT2D eigenvalue weighted by atomic mass is 10.3. The van der Waals surface area contributed by atoms with E-state index in [1.54, 1.807) is 7.11 Å². The molecule has 0 aliphatic heterocycles. The van der Waals surface area contributed by atoms with Crippen LogP contribution in [-0.4, -0.2) is 33.5 Å². The van der Waals surface area contributed by atoms with Crippen molar-refractivity contribution in [1.82, 2.24) is 0 Å². The zero-order chi connectivity index (χ0) is 13.4. The first-order valence-corrected chi connectivity index (χ1v) is 6.77. The molecule has 0 atom stereocenters. The van der Waals surface area contributed by atoms with E-state index in [1.807, 2.05) is 0 Å². The second kappa shape index (κ2) is 8.69. The summed E-state index contributed by atoms with van der Waals surface area (Å²) in [6.07, 6.45) is 0.837. The zero-order valence-electron chi connectivity index (χ0n) is 10.1. The van der Waals surface area contributed by atoms with Gasteiger partial charge in [0.05, 0.1) is 23.9 Å². The summed E-state index contributed by atoms with van der Waals surface area (Å²) >= 11 is 9.20. The van der Waals surface area contributed by atoms with Crippen LogP contribution in [0.2, 0.25) is 5.02 Å². The van der Waals surface area contributed by atoms with Gasteiger partial charge in [-0.05, 0) is 34.5 Å². The number of methoxy groups -OCH3 is 1. The van der Waals surface area contributed by atoms with Crippen molar-refractivity contribution >= 4 is 33.2 Å². The first-order valence-electron chi connectivity index (χ1n) is 5.60. The molecule has 1 aromatic rings. The summed E-state index contributed by atoms with van der Waals surface area (Å²) in [5.41, 5.74) is 0.704. The number of hydrogen-bond donors (Lipinski definition) is 1. The molecule has 0 bridgehead atoms. The third-order valence-electron chi connectivity index (χ3n) is 2.21. The Balaban J connectivity index is 2.27. The van der Waals surface area contributed by atoms with Gasteiger partial charge >= 0.3 is 0 Å². The molecule has 1 N–H and O–H groups in total. The number of anilines is 1. The molecule has 102 valence electrons. The highest BCUT2D eigenvalue weighted by Gasteiger charge is 2.07. The van der Waals surface area contributed by atoms with E-state index in [1.165, 1.54) is 12.1 Å². The predicted molar refractivity (Wildman–Crippen MR) is 74.9 cm³/mol. The van der Waals surface area contributed by atoms with E-state index < -0.39 is 0 Å². The van der Waals surface area contributed by atoms with Crippen LogP contribution in [0.5, 0.6) is 0 Å². The second-order valence-corrected chi connectivity index (χ2v) is 4.89. The molecule has 0 spiro atoms. The lowest BCUT2D eigenvalue weighted by molar-refractivity contribution is 0.0705. The standard InChI is InChI=1S/C12H16BrClFNO2/c1-17-5-6-18-4-2-3-16-12-10(13)7-9(15)8-11(12)14/h7-8,16H,2-6H2,1H3. The fraction of sp³-hybridized carbons (Fsp3) is 0.500. The van der Waals surface area contributed by atoms with E-state index in [0.29, 0.717) is 41.5 Å². The highest BCUT2D eigenvalue weighted by Crippen LogP contribution is 2.31. The smallest absolute Gasteiger partial charge is 0.125 e. The number of ether oxygens (including phenoxy) is 2. The molecule has 0 saturated heterocycles. The molecule has 0 unspecified atom stereocenters. The average Bonchev–Trinajstić information content (AvgIpc) is 2.30. The topological polar surface area (TPSA) is 30.5 Å². The van der Waals surface area contributed by atoms with Gasteiger partial charge in [0.15, 0.2) is 0 Å². The van der Waals surface area contributed by atoms with Crippen molar-refractivity contribution < 1.29 is 13.9 Å².